The van der Waals surface area contributed by atoms with E-state index in [1.54, 1.807) is 12.0 Å². The Balaban J connectivity index is 1.97. The van der Waals surface area contributed by atoms with Crippen molar-refractivity contribution in [2.75, 3.05) is 46.4 Å². The van der Waals surface area contributed by atoms with Crippen molar-refractivity contribution >= 4 is 11.9 Å². The lowest BCUT2D eigenvalue weighted by atomic mass is 9.96. The molecular weight excluding hydrogens is 248 g/mol. The van der Waals surface area contributed by atoms with Crippen LogP contribution in [0.3, 0.4) is 0 Å². The van der Waals surface area contributed by atoms with Crippen molar-refractivity contribution in [2.45, 2.75) is 18.4 Å². The Morgan fingerprint density at radius 2 is 2.26 bits per heavy atom. The third-order valence-corrected chi connectivity index (χ3v) is 4.05. The molecule has 0 radical (unpaired) electrons. The number of nitrogens with one attached hydrogen (secondary N) is 1. The summed E-state index contributed by atoms with van der Waals surface area (Å²) in [7, 11) is 1.58. The second-order valence-corrected chi connectivity index (χ2v) is 5.14. The van der Waals surface area contributed by atoms with Gasteiger partial charge in [-0.05, 0) is 19.4 Å². The van der Waals surface area contributed by atoms with E-state index in [1.165, 1.54) is 0 Å². The Labute approximate surface area is 113 Å². The maximum Gasteiger partial charge on any atom is 0.317 e. The first-order valence-electron chi connectivity index (χ1n) is 6.67. The molecule has 3 N–H and O–H groups in total. The van der Waals surface area contributed by atoms with Crippen molar-refractivity contribution in [3.8, 4) is 0 Å². The van der Waals surface area contributed by atoms with Gasteiger partial charge in [0.1, 0.15) is 5.54 Å². The van der Waals surface area contributed by atoms with E-state index in [0.29, 0.717) is 26.2 Å². The van der Waals surface area contributed by atoms with Crippen molar-refractivity contribution in [3.63, 3.8) is 0 Å². The highest BCUT2D eigenvalue weighted by atomic mass is 16.5. The fourth-order valence-corrected chi connectivity index (χ4v) is 2.98. The number of carbonyl (C=O) groups is 2. The first-order valence-corrected chi connectivity index (χ1v) is 6.67. The number of nitrogens with two attached hydrogens (primary N) is 1. The highest BCUT2D eigenvalue weighted by Gasteiger charge is 2.46. The van der Waals surface area contributed by atoms with Crippen molar-refractivity contribution in [1.29, 1.82) is 0 Å². The summed E-state index contributed by atoms with van der Waals surface area (Å²) >= 11 is 0. The van der Waals surface area contributed by atoms with Gasteiger partial charge in [-0.1, -0.05) is 0 Å². The van der Waals surface area contributed by atoms with Gasteiger partial charge in [0.15, 0.2) is 0 Å². The molecule has 108 valence electrons. The lowest BCUT2D eigenvalue weighted by Gasteiger charge is -2.35. The highest BCUT2D eigenvalue weighted by molar-refractivity contribution is 5.85. The molecule has 2 saturated heterocycles. The molecular formula is C12H22N4O3. The molecule has 7 nitrogen and oxygen atoms in total. The minimum atomic E-state index is -0.703. The number of likely N-dealkylation sites (tertiary alicyclic amines) is 1. The fraction of sp³-hybridized carbons (Fsp3) is 0.833. The van der Waals surface area contributed by atoms with Gasteiger partial charge in [0.05, 0.1) is 6.61 Å². The number of rotatable bonds is 6. The van der Waals surface area contributed by atoms with Gasteiger partial charge in [-0.25, -0.2) is 4.79 Å². The van der Waals surface area contributed by atoms with Crippen LogP contribution in [0.4, 0.5) is 4.79 Å². The largest absolute Gasteiger partial charge is 0.382 e. The summed E-state index contributed by atoms with van der Waals surface area (Å²) in [6, 6.07) is -0.0318. The molecule has 2 fully saturated rings. The van der Waals surface area contributed by atoms with Gasteiger partial charge in [0, 0.05) is 33.3 Å². The summed E-state index contributed by atoms with van der Waals surface area (Å²) in [5.74, 6) is -0.335. The Bertz CT molecular complexity index is 363. The SMILES string of the molecule is COCC1(C(N)=O)CCCN1CCN1CCNC1=O. The molecule has 0 spiro atoms. The van der Waals surface area contributed by atoms with Crippen molar-refractivity contribution < 1.29 is 14.3 Å². The van der Waals surface area contributed by atoms with Gasteiger partial charge >= 0.3 is 6.03 Å². The zero-order chi connectivity index (χ0) is 13.9. The molecule has 3 amide bonds. The van der Waals surface area contributed by atoms with E-state index in [1.807, 2.05) is 0 Å². The number of amides is 3. The van der Waals surface area contributed by atoms with Gasteiger partial charge in [0.2, 0.25) is 5.91 Å². The lowest BCUT2D eigenvalue weighted by Crippen LogP contribution is -2.58. The van der Waals surface area contributed by atoms with E-state index in [-0.39, 0.29) is 11.9 Å². The molecule has 0 aromatic rings. The smallest absolute Gasteiger partial charge is 0.317 e. The highest BCUT2D eigenvalue weighted by Crippen LogP contribution is 2.29. The summed E-state index contributed by atoms with van der Waals surface area (Å²) < 4.78 is 5.18. The Morgan fingerprint density at radius 3 is 2.84 bits per heavy atom. The third kappa shape index (κ3) is 2.66. The molecule has 2 aliphatic rings. The van der Waals surface area contributed by atoms with Crippen molar-refractivity contribution in [3.05, 3.63) is 0 Å². The number of urea groups is 1. The fourth-order valence-electron chi connectivity index (χ4n) is 2.98. The monoisotopic (exact) mass is 270 g/mol. The van der Waals surface area contributed by atoms with E-state index >= 15 is 0 Å². The topological polar surface area (TPSA) is 87.9 Å². The first kappa shape index (κ1) is 14.1. The van der Waals surface area contributed by atoms with Crippen LogP contribution in [-0.2, 0) is 9.53 Å². The molecule has 0 saturated carbocycles. The van der Waals surface area contributed by atoms with E-state index in [2.05, 4.69) is 10.2 Å². The van der Waals surface area contributed by atoms with Crippen LogP contribution >= 0.6 is 0 Å². The van der Waals surface area contributed by atoms with Crippen LogP contribution in [0.1, 0.15) is 12.8 Å². The predicted molar refractivity (Wildman–Crippen MR) is 69.6 cm³/mol. The van der Waals surface area contributed by atoms with Gasteiger partial charge in [0.25, 0.3) is 0 Å². The summed E-state index contributed by atoms with van der Waals surface area (Å²) in [5.41, 5.74) is 4.86. The second-order valence-electron chi connectivity index (χ2n) is 5.14. The molecule has 0 aliphatic carbocycles. The van der Waals surface area contributed by atoms with E-state index in [9.17, 15) is 9.59 Å². The average molecular weight is 270 g/mol. The number of ether oxygens (including phenoxy) is 1. The van der Waals surface area contributed by atoms with Crippen LogP contribution in [-0.4, -0.2) is 73.7 Å². The normalized spacial score (nSPS) is 27.8. The molecule has 2 aliphatic heterocycles. The van der Waals surface area contributed by atoms with Gasteiger partial charge < -0.3 is 20.7 Å². The molecule has 2 rings (SSSR count). The maximum atomic E-state index is 11.8. The quantitative estimate of drug-likeness (QED) is 0.646. The van der Waals surface area contributed by atoms with Crippen LogP contribution in [0.25, 0.3) is 0 Å². The molecule has 0 bridgehead atoms. The van der Waals surface area contributed by atoms with Crippen molar-refractivity contribution in [1.82, 2.24) is 15.1 Å². The number of hydrogen-bond donors (Lipinski definition) is 2. The predicted octanol–water partition coefficient (Wildman–Crippen LogP) is -1.02. The van der Waals surface area contributed by atoms with Crippen LogP contribution in [0.15, 0.2) is 0 Å². The zero-order valence-electron chi connectivity index (χ0n) is 11.4. The number of nitrogens with zero attached hydrogens (tertiary/aromatic N) is 2. The minimum Gasteiger partial charge on any atom is -0.382 e. The molecule has 1 atom stereocenters. The number of hydrogen-bond acceptors (Lipinski definition) is 4. The van der Waals surface area contributed by atoms with E-state index in [0.717, 1.165) is 25.9 Å². The number of primary amides is 1. The van der Waals surface area contributed by atoms with Crippen LogP contribution in [0.2, 0.25) is 0 Å². The van der Waals surface area contributed by atoms with Gasteiger partial charge in [-0.2, -0.15) is 0 Å². The summed E-state index contributed by atoms with van der Waals surface area (Å²) in [6.07, 6.45) is 1.65. The van der Waals surface area contributed by atoms with Gasteiger partial charge in [-0.3, -0.25) is 9.69 Å². The summed E-state index contributed by atoms with van der Waals surface area (Å²) in [4.78, 5) is 27.1. The summed E-state index contributed by atoms with van der Waals surface area (Å²) in [5, 5.41) is 2.77. The molecule has 19 heavy (non-hydrogen) atoms. The molecule has 0 aromatic heterocycles. The second kappa shape index (κ2) is 5.75. The molecule has 1 unspecified atom stereocenters. The molecule has 7 heteroatoms. The third-order valence-electron chi connectivity index (χ3n) is 4.05. The Kier molecular flexibility index (Phi) is 4.26. The standard InChI is InChI=1S/C12H22N4O3/c1-19-9-12(10(13)17)3-2-5-16(12)8-7-15-6-4-14-11(15)18/h2-9H2,1H3,(H2,13,17)(H,14,18). The lowest BCUT2D eigenvalue weighted by molar-refractivity contribution is -0.132. The first-order chi connectivity index (χ1) is 9.10. The molecule has 2 heterocycles. The van der Waals surface area contributed by atoms with E-state index in [4.69, 9.17) is 10.5 Å². The molecule has 0 aromatic carbocycles. The van der Waals surface area contributed by atoms with Gasteiger partial charge in [-0.15, -0.1) is 0 Å². The summed E-state index contributed by atoms with van der Waals surface area (Å²) in [6.45, 7) is 3.82. The maximum absolute atomic E-state index is 11.8. The minimum absolute atomic E-state index is 0.0318. The Morgan fingerprint density at radius 1 is 1.47 bits per heavy atom. The average Bonchev–Trinajstić information content (AvgIpc) is 2.95. The van der Waals surface area contributed by atoms with Crippen LogP contribution in [0.5, 0.6) is 0 Å². The van der Waals surface area contributed by atoms with Crippen LogP contribution in [0, 0.1) is 0 Å². The number of carbonyl (C=O) groups excluding carboxylic acids is 2. The Hall–Kier alpha value is -1.34. The number of methoxy groups -OCH3 is 1. The van der Waals surface area contributed by atoms with E-state index < -0.39 is 5.54 Å². The van der Waals surface area contributed by atoms with Crippen LogP contribution < -0.4 is 11.1 Å². The van der Waals surface area contributed by atoms with Crippen molar-refractivity contribution in [2.24, 2.45) is 5.73 Å². The zero-order valence-corrected chi connectivity index (χ0v) is 11.4.